The zero-order valence-corrected chi connectivity index (χ0v) is 54.9. The van der Waals surface area contributed by atoms with Crippen LogP contribution in [0.4, 0.5) is 0 Å². The minimum atomic E-state index is -1.67. The number of carboxylic acid groups (broad SMARTS) is 1. The maximum atomic E-state index is 14.6. The number of likely N-dealkylation sites (tertiary alicyclic amines) is 2. The monoisotopic (exact) mass is 1290 g/mol. The number of guanidine groups is 1. The van der Waals surface area contributed by atoms with Crippen molar-refractivity contribution in [3.05, 3.63) is 0 Å². The number of nitrogens with two attached hydrogens (primary N) is 3. The minimum Gasteiger partial charge on any atom is -0.480 e. The van der Waals surface area contributed by atoms with Gasteiger partial charge in [-0.3, -0.25) is 62.9 Å². The predicted octanol–water partition coefficient (Wildman–Crippen LogP) is -4.03. The third-order valence-corrected chi connectivity index (χ3v) is 16.2. The molecule has 2 saturated heterocycles. The molecule has 0 unspecified atom stereocenters. The van der Waals surface area contributed by atoms with Crippen molar-refractivity contribution in [1.29, 1.82) is 5.41 Å². The first-order chi connectivity index (χ1) is 42.4. The van der Waals surface area contributed by atoms with E-state index in [0.717, 1.165) is 9.80 Å². The lowest BCUT2D eigenvalue weighted by molar-refractivity contribution is -0.146. The Morgan fingerprint density at radius 1 is 0.505 bits per heavy atom. The summed E-state index contributed by atoms with van der Waals surface area (Å²) in [6.07, 6.45) is -0.485. The molecule has 0 aromatic heterocycles. The molecule has 20 N–H and O–H groups in total. The third-order valence-electron chi connectivity index (χ3n) is 16.2. The second-order valence-electron chi connectivity index (χ2n) is 25.4. The number of carboxylic acids is 1. The number of carbonyl (C=O) groups is 13. The fraction of sp³-hybridized carbons (Fsp3) is 0.763. The molecule has 0 saturated carbocycles. The molecule has 0 radical (unpaired) electrons. The number of nitrogens with one attached hydrogen (secondary N) is 11. The average Bonchev–Trinajstić information content (AvgIpc) is 1.99. The van der Waals surface area contributed by atoms with Crippen molar-refractivity contribution >= 4 is 82.8 Å². The Bertz CT molecular complexity index is 2570. The average molecular weight is 1290 g/mol. The predicted molar refractivity (Wildman–Crippen MR) is 332 cm³/mol. The van der Waals surface area contributed by atoms with Gasteiger partial charge in [-0.2, -0.15) is 0 Å². The normalized spacial score (nSPS) is 18.8. The van der Waals surface area contributed by atoms with E-state index in [9.17, 15) is 77.6 Å². The number of hydrogen-bond donors (Lipinski definition) is 17. The van der Waals surface area contributed by atoms with Crippen molar-refractivity contribution in [2.45, 2.75) is 226 Å². The number of nitrogens with zero attached hydrogens (tertiary/aromatic N) is 2. The summed E-state index contributed by atoms with van der Waals surface area (Å²) in [7, 11) is 0. The molecule has 516 valence electrons. The number of rotatable bonds is 37. The van der Waals surface area contributed by atoms with Gasteiger partial charge in [0.2, 0.25) is 70.9 Å². The van der Waals surface area contributed by atoms with E-state index < -0.39 is 204 Å². The van der Waals surface area contributed by atoms with Crippen molar-refractivity contribution in [3.63, 3.8) is 0 Å². The highest BCUT2D eigenvalue weighted by Gasteiger charge is 2.44. The number of hydrogen-bond acceptors (Lipinski definition) is 17. The van der Waals surface area contributed by atoms with E-state index in [0.29, 0.717) is 25.8 Å². The Morgan fingerprint density at radius 3 is 1.23 bits per heavy atom. The van der Waals surface area contributed by atoms with Crippen LogP contribution < -0.4 is 70.4 Å². The van der Waals surface area contributed by atoms with E-state index >= 15 is 0 Å². The maximum absolute atomic E-state index is 14.6. The lowest BCUT2D eigenvalue weighted by Gasteiger charge is -2.33. The van der Waals surface area contributed by atoms with Gasteiger partial charge in [0.25, 0.3) is 0 Å². The van der Waals surface area contributed by atoms with Crippen LogP contribution in [0.5, 0.6) is 0 Å². The highest BCUT2D eigenvalue weighted by Crippen LogP contribution is 2.23. The molecule has 2 aliphatic heterocycles. The largest absolute Gasteiger partial charge is 0.480 e. The Kier molecular flexibility index (Phi) is 32.8. The Morgan fingerprint density at radius 2 is 0.868 bits per heavy atom. The van der Waals surface area contributed by atoms with E-state index in [-0.39, 0.29) is 51.2 Å². The van der Waals surface area contributed by atoms with Crippen LogP contribution in [0.25, 0.3) is 0 Å². The molecule has 0 aromatic rings. The number of aliphatic hydroxyl groups is 2. The molecule has 0 spiro atoms. The van der Waals surface area contributed by atoms with Crippen LogP contribution in [0, 0.1) is 40.9 Å². The highest BCUT2D eigenvalue weighted by atomic mass is 16.4. The van der Waals surface area contributed by atoms with Crippen LogP contribution in [-0.2, 0) is 62.3 Å². The van der Waals surface area contributed by atoms with Crippen molar-refractivity contribution in [1.82, 2.24) is 63.0 Å². The van der Waals surface area contributed by atoms with Crippen LogP contribution in [0.1, 0.15) is 148 Å². The Balaban J connectivity index is 2.30. The molecule has 2 heterocycles. The van der Waals surface area contributed by atoms with Gasteiger partial charge in [-0.05, 0) is 87.4 Å². The molecule has 32 heteroatoms. The number of amides is 12. The number of carbonyl (C=O) groups excluding carboxylic acids is 12. The maximum Gasteiger partial charge on any atom is 0.328 e. The van der Waals surface area contributed by atoms with Gasteiger partial charge >= 0.3 is 5.97 Å². The Labute approximate surface area is 532 Å². The van der Waals surface area contributed by atoms with Gasteiger partial charge in [-0.25, -0.2) is 4.79 Å². The van der Waals surface area contributed by atoms with Crippen molar-refractivity contribution in [2.75, 3.05) is 26.2 Å². The topological polar surface area (TPSA) is 511 Å². The molecule has 0 bridgehead atoms. The van der Waals surface area contributed by atoms with Gasteiger partial charge in [0.15, 0.2) is 12.0 Å². The van der Waals surface area contributed by atoms with E-state index in [1.54, 1.807) is 83.1 Å². The smallest absolute Gasteiger partial charge is 0.328 e. The molecule has 12 amide bonds. The first-order valence-electron chi connectivity index (χ1n) is 31.4. The molecule has 2 aliphatic rings. The van der Waals surface area contributed by atoms with Crippen LogP contribution in [-0.4, -0.2) is 213 Å². The lowest BCUT2D eigenvalue weighted by atomic mass is 9.95. The molecule has 2 fully saturated rings. The van der Waals surface area contributed by atoms with E-state index in [1.165, 1.54) is 6.92 Å². The van der Waals surface area contributed by atoms with Crippen molar-refractivity contribution < 1.29 is 77.6 Å². The van der Waals surface area contributed by atoms with Crippen LogP contribution in [0.15, 0.2) is 0 Å². The quantitative estimate of drug-likeness (QED) is 0.0160. The standard InChI is InChI=1S/C59H104N16O16/c1-14-32(12)45(72-53(85)43(30(8)9)70-50(82)40(27(2)3)67-47(79)34(60)18-15-23-64-59(62)63)55(87)65-35(21-22-39(61)78)56(88)74-24-16-19-37(74)48(80)66-36(26-76)57(89)75-25-17-20-38(75)49(81)68-41(28(4)5)51(83)69-42(29(6)7)52(84)71-44(31(10)11)54(86)73-46(33(13)77)58(90)91/h27-38,40-46,76-77H,14-26,60H2,1-13H3,(H2,61,78)(H,65,87)(H,66,80)(H,67,79)(H,68,81)(H,69,83)(H,70,82)(H,71,84)(H,72,85)(H,73,86)(H,90,91)(H4,62,63,64)/t32-,33+,34-,35-,36-,37-,38-,40-,41-,42-,43-,44-,45-,46-/m0/s1. The zero-order chi connectivity index (χ0) is 69.5. The SMILES string of the molecule is CC[C@H](C)[C@H](NC(=O)[C@@H](NC(=O)[C@@H](NC(=O)[C@@H](N)CCCNC(=N)N)C(C)C)C(C)C)C(=O)N[C@@H](CCC(N)=O)C(=O)N1CCC[C@H]1C(=O)N[C@@H](CO)C(=O)N1CCC[C@H]1C(=O)N[C@H](C(=O)N[C@H](C(=O)N[C@H](C(=O)N[C@H](C(=O)O)[C@@H](C)O)C(C)C)C(C)C)C(C)C. The van der Waals surface area contributed by atoms with Gasteiger partial charge in [0.05, 0.1) is 18.8 Å². The summed E-state index contributed by atoms with van der Waals surface area (Å²) in [5.74, 6) is -14.6. The number of aliphatic hydroxyl groups excluding tert-OH is 2. The Hall–Kier alpha value is -7.74. The van der Waals surface area contributed by atoms with Gasteiger partial charge < -0.3 is 95.5 Å². The van der Waals surface area contributed by atoms with Crippen LogP contribution >= 0.6 is 0 Å². The fourth-order valence-corrected chi connectivity index (χ4v) is 10.4. The zero-order valence-electron chi connectivity index (χ0n) is 54.9. The summed E-state index contributed by atoms with van der Waals surface area (Å²) in [4.78, 5) is 180. The molecule has 91 heavy (non-hydrogen) atoms. The fourth-order valence-electron chi connectivity index (χ4n) is 10.4. The summed E-state index contributed by atoms with van der Waals surface area (Å²) in [6.45, 7) is 20.3. The van der Waals surface area contributed by atoms with E-state index in [4.69, 9.17) is 22.6 Å². The second kappa shape index (κ2) is 37.6. The van der Waals surface area contributed by atoms with Gasteiger partial charge in [-0.15, -0.1) is 0 Å². The number of aliphatic carboxylic acids is 1. The van der Waals surface area contributed by atoms with Crippen LogP contribution in [0.2, 0.25) is 0 Å². The summed E-state index contributed by atoms with van der Waals surface area (Å²) in [5, 5.41) is 63.3. The van der Waals surface area contributed by atoms with E-state index in [1.807, 2.05) is 0 Å². The van der Waals surface area contributed by atoms with Gasteiger partial charge in [0.1, 0.15) is 60.4 Å². The van der Waals surface area contributed by atoms with Crippen molar-refractivity contribution in [3.8, 4) is 0 Å². The lowest BCUT2D eigenvalue weighted by Crippen LogP contribution is -2.62. The molecule has 32 nitrogen and oxygen atoms in total. The second-order valence-corrected chi connectivity index (χ2v) is 25.4. The molecule has 0 aromatic carbocycles. The molecule has 0 aliphatic carbocycles. The van der Waals surface area contributed by atoms with Crippen molar-refractivity contribution in [2.24, 2.45) is 52.7 Å². The van der Waals surface area contributed by atoms with Gasteiger partial charge in [-0.1, -0.05) is 89.5 Å². The van der Waals surface area contributed by atoms with Crippen LogP contribution in [0.3, 0.4) is 0 Å². The number of primary amides is 1. The molecular formula is C59H104N16O16. The highest BCUT2D eigenvalue weighted by molar-refractivity contribution is 6.00. The van der Waals surface area contributed by atoms with E-state index in [2.05, 4.69) is 53.2 Å². The molecular weight excluding hydrogens is 1190 g/mol. The first kappa shape index (κ1) is 79.4. The molecule has 14 atom stereocenters. The summed E-state index contributed by atoms with van der Waals surface area (Å²) in [5.41, 5.74) is 16.9. The third kappa shape index (κ3) is 24.1. The molecule has 2 rings (SSSR count). The summed E-state index contributed by atoms with van der Waals surface area (Å²) < 4.78 is 0. The van der Waals surface area contributed by atoms with Gasteiger partial charge in [0, 0.05) is 26.1 Å². The summed E-state index contributed by atoms with van der Waals surface area (Å²) in [6, 6.07) is -15.8. The minimum absolute atomic E-state index is 0.00494. The summed E-state index contributed by atoms with van der Waals surface area (Å²) >= 11 is 0. The first-order valence-corrected chi connectivity index (χ1v) is 31.4.